The number of likely N-dealkylation sites (tertiary alicyclic amines) is 1. The molecule has 1 unspecified atom stereocenters. The molecule has 8 heteroatoms. The minimum absolute atomic E-state index is 0.168. The molecule has 0 radical (unpaired) electrons. The molecule has 24 heavy (non-hydrogen) atoms. The van der Waals surface area contributed by atoms with Crippen molar-refractivity contribution in [3.05, 3.63) is 32.9 Å². The Morgan fingerprint density at radius 2 is 1.96 bits per heavy atom. The minimum atomic E-state index is -0.888. The predicted molar refractivity (Wildman–Crippen MR) is 92.8 cm³/mol. The van der Waals surface area contributed by atoms with Crippen LogP contribution in [0.3, 0.4) is 0 Å². The van der Waals surface area contributed by atoms with Crippen molar-refractivity contribution in [2.75, 3.05) is 13.1 Å². The van der Waals surface area contributed by atoms with Crippen molar-refractivity contribution in [3.63, 3.8) is 0 Å². The largest absolute Gasteiger partial charge is 0.444 e. The molecule has 1 aromatic carbocycles. The number of hydrogen-bond acceptors (Lipinski definition) is 3. The summed E-state index contributed by atoms with van der Waals surface area (Å²) in [4.78, 5) is 25.6. The third-order valence-corrected chi connectivity index (χ3v) is 4.26. The zero-order chi connectivity index (χ0) is 18.1. The average molecular weight is 452 g/mol. The van der Waals surface area contributed by atoms with Crippen molar-refractivity contribution in [1.29, 1.82) is 0 Å². The van der Waals surface area contributed by atoms with Crippen LogP contribution in [-0.2, 0) is 4.74 Å². The summed E-state index contributed by atoms with van der Waals surface area (Å²) in [5.41, 5.74) is -0.773. The number of amides is 2. The number of hydrogen-bond donors (Lipinski definition) is 1. The number of benzene rings is 1. The Morgan fingerprint density at radius 1 is 1.29 bits per heavy atom. The van der Waals surface area contributed by atoms with Gasteiger partial charge in [0.2, 0.25) is 0 Å². The van der Waals surface area contributed by atoms with E-state index in [4.69, 9.17) is 4.74 Å². The fraction of sp³-hybridized carbons (Fsp3) is 0.500. The molecule has 0 spiro atoms. The van der Waals surface area contributed by atoms with Crippen LogP contribution in [0.15, 0.2) is 12.1 Å². The van der Waals surface area contributed by atoms with E-state index in [2.05, 4.69) is 5.32 Å². The number of halogens is 3. The SMILES string of the molecule is CC(C)(C)OC(=O)NC1CCN(C(=O)c2cc(I)c(F)cc2F)C1. The number of carbonyl (C=O) groups excluding carboxylic acids is 2. The van der Waals surface area contributed by atoms with Crippen molar-refractivity contribution in [2.45, 2.75) is 38.8 Å². The predicted octanol–water partition coefficient (Wildman–Crippen LogP) is 3.31. The Kier molecular flexibility index (Phi) is 5.67. The van der Waals surface area contributed by atoms with Crippen LogP contribution < -0.4 is 5.32 Å². The molecule has 0 aliphatic carbocycles. The first-order valence-corrected chi connectivity index (χ1v) is 8.58. The van der Waals surface area contributed by atoms with E-state index in [-0.39, 0.29) is 21.7 Å². The first-order valence-electron chi connectivity index (χ1n) is 7.50. The van der Waals surface area contributed by atoms with Gasteiger partial charge in [0.1, 0.15) is 17.2 Å². The second-order valence-corrected chi connectivity index (χ2v) is 7.79. The van der Waals surface area contributed by atoms with Gasteiger partial charge in [-0.1, -0.05) is 0 Å². The van der Waals surface area contributed by atoms with Gasteiger partial charge in [-0.3, -0.25) is 4.79 Å². The first-order chi connectivity index (χ1) is 11.1. The van der Waals surface area contributed by atoms with Crippen molar-refractivity contribution in [3.8, 4) is 0 Å². The minimum Gasteiger partial charge on any atom is -0.444 e. The van der Waals surface area contributed by atoms with Crippen LogP contribution in [0.5, 0.6) is 0 Å². The normalized spacial score (nSPS) is 17.8. The average Bonchev–Trinajstić information content (AvgIpc) is 2.88. The molecule has 1 aliphatic rings. The fourth-order valence-corrected chi connectivity index (χ4v) is 2.86. The molecular weight excluding hydrogens is 433 g/mol. The van der Waals surface area contributed by atoms with Crippen molar-refractivity contribution in [2.24, 2.45) is 0 Å². The smallest absolute Gasteiger partial charge is 0.407 e. The highest BCUT2D eigenvalue weighted by Crippen LogP contribution is 2.21. The van der Waals surface area contributed by atoms with Crippen molar-refractivity contribution < 1.29 is 23.1 Å². The quantitative estimate of drug-likeness (QED) is 0.554. The number of carbonyl (C=O) groups is 2. The van der Waals surface area contributed by atoms with Crippen LogP contribution in [0.2, 0.25) is 0 Å². The standard InChI is InChI=1S/C16H19F2IN2O3/c1-16(2,3)24-15(23)20-9-4-5-21(8-9)14(22)10-6-13(19)12(18)7-11(10)17/h6-7,9H,4-5,8H2,1-3H3,(H,20,23). The van der Waals surface area contributed by atoms with Gasteiger partial charge in [0.25, 0.3) is 5.91 Å². The first kappa shape index (κ1) is 18.9. The van der Waals surface area contributed by atoms with Gasteiger partial charge in [-0.05, 0) is 55.8 Å². The van der Waals surface area contributed by atoms with Crippen LogP contribution in [0.4, 0.5) is 13.6 Å². The summed E-state index contributed by atoms with van der Waals surface area (Å²) in [5, 5.41) is 2.70. The van der Waals surface area contributed by atoms with Gasteiger partial charge in [0.05, 0.1) is 11.6 Å². The van der Waals surface area contributed by atoms with Gasteiger partial charge in [0.15, 0.2) is 0 Å². The molecule has 2 amide bonds. The molecule has 132 valence electrons. The molecule has 5 nitrogen and oxygen atoms in total. The van der Waals surface area contributed by atoms with E-state index in [1.165, 1.54) is 11.0 Å². The third kappa shape index (κ3) is 4.78. The van der Waals surface area contributed by atoms with Crippen LogP contribution >= 0.6 is 22.6 Å². The Bertz CT molecular complexity index is 661. The van der Waals surface area contributed by atoms with Gasteiger partial charge in [-0.2, -0.15) is 0 Å². The van der Waals surface area contributed by atoms with Crippen LogP contribution in [0.1, 0.15) is 37.6 Å². The van der Waals surface area contributed by atoms with Gasteiger partial charge in [-0.25, -0.2) is 13.6 Å². The van der Waals surface area contributed by atoms with Crippen LogP contribution in [0.25, 0.3) is 0 Å². The summed E-state index contributed by atoms with van der Waals surface area (Å²) in [6.07, 6.45) is -0.00505. The van der Waals surface area contributed by atoms with Crippen LogP contribution in [0, 0.1) is 15.2 Å². The van der Waals surface area contributed by atoms with Crippen LogP contribution in [-0.4, -0.2) is 41.6 Å². The van der Waals surface area contributed by atoms with Gasteiger partial charge in [0, 0.05) is 22.7 Å². The maximum absolute atomic E-state index is 13.8. The van der Waals surface area contributed by atoms with E-state index in [1.807, 2.05) is 0 Å². The summed E-state index contributed by atoms with van der Waals surface area (Å²) < 4.78 is 32.5. The van der Waals surface area contributed by atoms with E-state index >= 15 is 0 Å². The maximum atomic E-state index is 13.8. The van der Waals surface area contributed by atoms with Gasteiger partial charge >= 0.3 is 6.09 Å². The molecule has 1 fully saturated rings. The monoisotopic (exact) mass is 452 g/mol. The van der Waals surface area contributed by atoms with Gasteiger partial charge in [-0.15, -0.1) is 0 Å². The Labute approximate surface area is 152 Å². The molecular formula is C16H19F2IN2O3. The zero-order valence-corrected chi connectivity index (χ0v) is 15.8. The van der Waals surface area contributed by atoms with E-state index in [1.54, 1.807) is 43.4 Å². The third-order valence-electron chi connectivity index (χ3n) is 3.44. The highest BCUT2D eigenvalue weighted by atomic mass is 127. The molecule has 2 rings (SSSR count). The van der Waals surface area contributed by atoms with E-state index < -0.39 is 29.2 Å². The summed E-state index contributed by atoms with van der Waals surface area (Å²) in [7, 11) is 0. The summed E-state index contributed by atoms with van der Waals surface area (Å²) in [6.45, 7) is 5.92. The molecule has 0 saturated carbocycles. The Balaban J connectivity index is 1.99. The number of ether oxygens (including phenoxy) is 1. The topological polar surface area (TPSA) is 58.6 Å². The zero-order valence-electron chi connectivity index (χ0n) is 13.7. The highest BCUT2D eigenvalue weighted by molar-refractivity contribution is 14.1. The Morgan fingerprint density at radius 3 is 2.58 bits per heavy atom. The van der Waals surface area contributed by atoms with E-state index in [0.717, 1.165) is 0 Å². The molecule has 0 aromatic heterocycles. The highest BCUT2D eigenvalue weighted by Gasteiger charge is 2.30. The lowest BCUT2D eigenvalue weighted by molar-refractivity contribution is 0.0502. The lowest BCUT2D eigenvalue weighted by atomic mass is 10.2. The van der Waals surface area contributed by atoms with Gasteiger partial charge < -0.3 is 15.0 Å². The number of nitrogens with one attached hydrogen (secondary N) is 1. The molecule has 1 saturated heterocycles. The summed E-state index contributed by atoms with van der Waals surface area (Å²) >= 11 is 1.71. The Hall–Kier alpha value is -1.45. The lowest BCUT2D eigenvalue weighted by Gasteiger charge is -2.22. The second kappa shape index (κ2) is 7.20. The lowest BCUT2D eigenvalue weighted by Crippen LogP contribution is -2.41. The van der Waals surface area contributed by atoms with Crippen molar-refractivity contribution >= 4 is 34.6 Å². The molecule has 1 aromatic rings. The molecule has 1 aliphatic heterocycles. The van der Waals surface area contributed by atoms with E-state index in [0.29, 0.717) is 19.0 Å². The molecule has 0 bridgehead atoms. The summed E-state index contributed by atoms with van der Waals surface area (Å²) in [5.74, 6) is -2.10. The summed E-state index contributed by atoms with van der Waals surface area (Å²) in [6, 6.07) is 1.65. The molecule has 1 heterocycles. The van der Waals surface area contributed by atoms with E-state index in [9.17, 15) is 18.4 Å². The number of rotatable bonds is 2. The maximum Gasteiger partial charge on any atom is 0.407 e. The molecule has 1 atom stereocenters. The fourth-order valence-electron chi connectivity index (χ4n) is 2.39. The number of nitrogens with zero attached hydrogens (tertiary/aromatic N) is 1. The molecule has 1 N–H and O–H groups in total. The second-order valence-electron chi connectivity index (χ2n) is 6.63. The van der Waals surface area contributed by atoms with Crippen molar-refractivity contribution in [1.82, 2.24) is 10.2 Å². The number of alkyl carbamates (subject to hydrolysis) is 1.